The number of ether oxygens (including phenoxy) is 1. The first kappa shape index (κ1) is 10.2. The first-order chi connectivity index (χ1) is 7.35. The maximum absolute atomic E-state index is 8.79. The Labute approximate surface area is 89.5 Å². The van der Waals surface area contributed by atoms with Crippen molar-refractivity contribution in [3.05, 3.63) is 17.8 Å². The lowest BCUT2D eigenvalue weighted by molar-refractivity contribution is 0.290. The van der Waals surface area contributed by atoms with Crippen molar-refractivity contribution in [2.45, 2.75) is 12.8 Å². The van der Waals surface area contributed by atoms with Crippen LogP contribution in [-0.2, 0) is 6.42 Å². The molecule has 0 aliphatic carbocycles. The number of methoxy groups -OCH3 is 1. The molecule has 0 saturated carbocycles. The molecule has 0 atom stereocenters. The largest absolute Gasteiger partial charge is 0.481 e. The average molecular weight is 208 g/mol. The normalized spacial score (nSPS) is 14.1. The van der Waals surface area contributed by atoms with Gasteiger partial charge in [0.1, 0.15) is 0 Å². The van der Waals surface area contributed by atoms with Crippen LogP contribution in [0.2, 0.25) is 0 Å². The van der Waals surface area contributed by atoms with Gasteiger partial charge in [-0.05, 0) is 12.5 Å². The average Bonchev–Trinajstić information content (AvgIpc) is 2.68. The highest BCUT2D eigenvalue weighted by Gasteiger charge is 2.20. The zero-order chi connectivity index (χ0) is 10.7. The lowest BCUT2D eigenvalue weighted by atomic mass is 10.3. The van der Waals surface area contributed by atoms with E-state index in [2.05, 4.69) is 9.88 Å². The topological polar surface area (TPSA) is 45.6 Å². The molecule has 0 bridgehead atoms. The van der Waals surface area contributed by atoms with Crippen LogP contribution in [0.3, 0.4) is 0 Å². The van der Waals surface area contributed by atoms with E-state index in [4.69, 9.17) is 9.84 Å². The Hall–Kier alpha value is -1.29. The van der Waals surface area contributed by atoms with E-state index in [1.807, 2.05) is 12.1 Å². The molecule has 0 spiro atoms. The van der Waals surface area contributed by atoms with Crippen molar-refractivity contribution in [3.8, 4) is 5.88 Å². The zero-order valence-electron chi connectivity index (χ0n) is 8.94. The fourth-order valence-electron chi connectivity index (χ4n) is 1.91. The number of nitrogens with zero attached hydrogens (tertiary/aromatic N) is 2. The fraction of sp³-hybridized carbons (Fsp3) is 0.545. The third-order valence-corrected chi connectivity index (χ3v) is 2.68. The number of aliphatic hydroxyl groups is 1. The molecule has 1 aromatic rings. The second-order valence-electron chi connectivity index (χ2n) is 3.63. The molecule has 0 radical (unpaired) electrons. The van der Waals surface area contributed by atoms with Crippen LogP contribution in [-0.4, -0.2) is 36.9 Å². The molecule has 0 saturated heterocycles. The number of anilines is 1. The monoisotopic (exact) mass is 208 g/mol. The van der Waals surface area contributed by atoms with Crippen LogP contribution in [0, 0.1) is 0 Å². The Bertz CT molecular complexity index is 341. The highest BCUT2D eigenvalue weighted by Crippen LogP contribution is 2.28. The maximum atomic E-state index is 8.79. The van der Waals surface area contributed by atoms with Gasteiger partial charge in [0.2, 0.25) is 5.88 Å². The summed E-state index contributed by atoms with van der Waals surface area (Å²) in [6.45, 7) is 2.14. The number of rotatable bonds is 4. The lowest BCUT2D eigenvalue weighted by Gasteiger charge is -2.18. The summed E-state index contributed by atoms with van der Waals surface area (Å²) < 4.78 is 5.09. The van der Waals surface area contributed by atoms with Crippen molar-refractivity contribution in [1.82, 2.24) is 4.98 Å². The number of pyridine rings is 1. The summed E-state index contributed by atoms with van der Waals surface area (Å²) in [6.07, 6.45) is 1.78. The van der Waals surface area contributed by atoms with Crippen molar-refractivity contribution in [3.63, 3.8) is 0 Å². The Morgan fingerprint density at radius 1 is 1.53 bits per heavy atom. The number of aliphatic hydroxyl groups excluding tert-OH is 1. The van der Waals surface area contributed by atoms with E-state index in [-0.39, 0.29) is 6.61 Å². The van der Waals surface area contributed by atoms with Crippen LogP contribution in [0.25, 0.3) is 0 Å². The van der Waals surface area contributed by atoms with E-state index in [9.17, 15) is 0 Å². The molecule has 0 fully saturated rings. The highest BCUT2D eigenvalue weighted by molar-refractivity contribution is 5.56. The molecule has 82 valence electrons. The minimum absolute atomic E-state index is 0.245. The van der Waals surface area contributed by atoms with Crippen molar-refractivity contribution in [1.29, 1.82) is 0 Å². The number of hydrogen-bond acceptors (Lipinski definition) is 4. The van der Waals surface area contributed by atoms with Crippen molar-refractivity contribution in [2.75, 3.05) is 31.7 Å². The van der Waals surface area contributed by atoms with Gasteiger partial charge in [-0.1, -0.05) is 0 Å². The van der Waals surface area contributed by atoms with Gasteiger partial charge in [-0.25, -0.2) is 4.98 Å². The second kappa shape index (κ2) is 4.49. The standard InChI is InChI=1S/C11H16N2O2/c1-15-11-4-3-10-9(12-11)5-7-13(10)6-2-8-14/h3-4,14H,2,5-8H2,1H3. The maximum Gasteiger partial charge on any atom is 0.213 e. The summed E-state index contributed by atoms with van der Waals surface area (Å²) in [6, 6.07) is 3.93. The van der Waals surface area contributed by atoms with Gasteiger partial charge in [-0.3, -0.25) is 0 Å². The molecule has 0 unspecified atom stereocenters. The summed E-state index contributed by atoms with van der Waals surface area (Å²) in [4.78, 5) is 6.67. The van der Waals surface area contributed by atoms with E-state index in [0.29, 0.717) is 5.88 Å². The minimum Gasteiger partial charge on any atom is -0.481 e. The lowest BCUT2D eigenvalue weighted by Crippen LogP contribution is -2.22. The molecule has 2 rings (SSSR count). The van der Waals surface area contributed by atoms with Gasteiger partial charge in [0.25, 0.3) is 0 Å². The van der Waals surface area contributed by atoms with Gasteiger partial charge in [0, 0.05) is 32.2 Å². The van der Waals surface area contributed by atoms with Gasteiger partial charge in [0.15, 0.2) is 0 Å². The van der Waals surface area contributed by atoms with E-state index < -0.39 is 0 Å². The molecular formula is C11H16N2O2. The molecule has 1 aliphatic rings. The molecule has 1 aromatic heterocycles. The molecular weight excluding hydrogens is 192 g/mol. The SMILES string of the molecule is COc1ccc2c(n1)CCN2CCCO. The van der Waals surface area contributed by atoms with Crippen LogP contribution >= 0.6 is 0 Å². The van der Waals surface area contributed by atoms with E-state index >= 15 is 0 Å². The quantitative estimate of drug-likeness (QED) is 0.796. The fourth-order valence-corrected chi connectivity index (χ4v) is 1.91. The molecule has 0 aromatic carbocycles. The van der Waals surface area contributed by atoms with Crippen molar-refractivity contribution >= 4 is 5.69 Å². The van der Waals surface area contributed by atoms with Gasteiger partial charge < -0.3 is 14.7 Å². The number of fused-ring (bicyclic) bond motifs is 1. The van der Waals surface area contributed by atoms with E-state index in [1.165, 1.54) is 5.69 Å². The molecule has 1 N–H and O–H groups in total. The molecule has 2 heterocycles. The third kappa shape index (κ3) is 2.04. The van der Waals surface area contributed by atoms with Gasteiger partial charge in [-0.15, -0.1) is 0 Å². The van der Waals surface area contributed by atoms with Crippen molar-refractivity contribution < 1.29 is 9.84 Å². The molecule has 4 heteroatoms. The van der Waals surface area contributed by atoms with Crippen molar-refractivity contribution in [2.24, 2.45) is 0 Å². The predicted octanol–water partition coefficient (Wildman–Crippen LogP) is 0.835. The highest BCUT2D eigenvalue weighted by atomic mass is 16.5. The summed E-state index contributed by atoms with van der Waals surface area (Å²) in [7, 11) is 1.63. The van der Waals surface area contributed by atoms with E-state index in [1.54, 1.807) is 7.11 Å². The first-order valence-electron chi connectivity index (χ1n) is 5.25. The molecule has 4 nitrogen and oxygen atoms in total. The summed E-state index contributed by atoms with van der Waals surface area (Å²) in [5.41, 5.74) is 2.29. The van der Waals surface area contributed by atoms with Crippen LogP contribution < -0.4 is 9.64 Å². The predicted molar refractivity (Wildman–Crippen MR) is 58.4 cm³/mol. The first-order valence-corrected chi connectivity index (χ1v) is 5.25. The van der Waals surface area contributed by atoms with E-state index in [0.717, 1.165) is 31.6 Å². The second-order valence-corrected chi connectivity index (χ2v) is 3.63. The summed E-state index contributed by atoms with van der Waals surface area (Å²) >= 11 is 0. The smallest absolute Gasteiger partial charge is 0.213 e. The Balaban J connectivity index is 2.13. The Kier molecular flexibility index (Phi) is 3.06. The van der Waals surface area contributed by atoms with Gasteiger partial charge in [0.05, 0.1) is 18.5 Å². The Morgan fingerprint density at radius 2 is 2.40 bits per heavy atom. The van der Waals surface area contributed by atoms with Crippen LogP contribution in [0.1, 0.15) is 12.1 Å². The van der Waals surface area contributed by atoms with Gasteiger partial charge >= 0.3 is 0 Å². The molecule has 1 aliphatic heterocycles. The van der Waals surface area contributed by atoms with Crippen LogP contribution in [0.4, 0.5) is 5.69 Å². The molecule has 15 heavy (non-hydrogen) atoms. The molecule has 0 amide bonds. The number of hydrogen-bond donors (Lipinski definition) is 1. The van der Waals surface area contributed by atoms with Crippen LogP contribution in [0.15, 0.2) is 12.1 Å². The van der Waals surface area contributed by atoms with Gasteiger partial charge in [-0.2, -0.15) is 0 Å². The Morgan fingerprint density at radius 3 is 3.13 bits per heavy atom. The summed E-state index contributed by atoms with van der Waals surface area (Å²) in [5, 5.41) is 8.79. The van der Waals surface area contributed by atoms with Crippen LogP contribution in [0.5, 0.6) is 5.88 Å². The number of aromatic nitrogens is 1. The summed E-state index contributed by atoms with van der Waals surface area (Å²) in [5.74, 6) is 0.678. The zero-order valence-corrected chi connectivity index (χ0v) is 8.94. The third-order valence-electron chi connectivity index (χ3n) is 2.68. The minimum atomic E-state index is 0.245.